The summed E-state index contributed by atoms with van der Waals surface area (Å²) in [4.78, 5) is 32.5. The van der Waals surface area contributed by atoms with Gasteiger partial charge in [0.15, 0.2) is 4.80 Å². The fraction of sp³-hybridized carbons (Fsp3) is 0.265. The minimum atomic E-state index is -0.682. The van der Waals surface area contributed by atoms with Gasteiger partial charge in [-0.05, 0) is 88.1 Å². The number of aryl methyl sites for hydroxylation is 3. The van der Waals surface area contributed by atoms with Gasteiger partial charge in [-0.2, -0.15) is 0 Å². The van der Waals surface area contributed by atoms with Crippen LogP contribution in [0.5, 0.6) is 5.75 Å². The molecule has 42 heavy (non-hydrogen) atoms. The van der Waals surface area contributed by atoms with Crippen LogP contribution in [0.4, 0.5) is 0 Å². The zero-order chi connectivity index (χ0) is 30.1. The number of carbonyl (C=O) groups excluding carboxylic acids is 1. The highest BCUT2D eigenvalue weighted by Crippen LogP contribution is 2.32. The van der Waals surface area contributed by atoms with Crippen molar-refractivity contribution in [2.75, 3.05) is 13.2 Å². The molecule has 0 aliphatic carbocycles. The lowest BCUT2D eigenvalue weighted by Gasteiger charge is -2.24. The topological polar surface area (TPSA) is 74.8 Å². The summed E-state index contributed by atoms with van der Waals surface area (Å²) >= 11 is 1.32. The molecule has 1 atom stereocenters. The van der Waals surface area contributed by atoms with Gasteiger partial charge >= 0.3 is 5.97 Å². The molecule has 4 aromatic rings. The second-order valence-electron chi connectivity index (χ2n) is 10.4. The third-order valence-electron chi connectivity index (χ3n) is 7.50. The molecular weight excluding hydrogens is 546 g/mol. The van der Waals surface area contributed by atoms with Gasteiger partial charge in [0.2, 0.25) is 0 Å². The molecule has 8 heteroatoms. The molecule has 0 spiro atoms. The molecule has 0 saturated heterocycles. The van der Waals surface area contributed by atoms with Gasteiger partial charge in [0.1, 0.15) is 12.4 Å². The lowest BCUT2D eigenvalue weighted by molar-refractivity contribution is -0.139. The van der Waals surface area contributed by atoms with Crippen LogP contribution in [0, 0.1) is 27.7 Å². The van der Waals surface area contributed by atoms with E-state index in [-0.39, 0.29) is 12.2 Å². The van der Waals surface area contributed by atoms with Crippen LogP contribution in [0.2, 0.25) is 0 Å². The molecule has 0 saturated carbocycles. The Morgan fingerprint density at radius 1 is 1.07 bits per heavy atom. The zero-order valence-corrected chi connectivity index (χ0v) is 25.7. The number of para-hydroxylation sites is 1. The Labute approximate surface area is 249 Å². The van der Waals surface area contributed by atoms with E-state index in [9.17, 15) is 9.59 Å². The van der Waals surface area contributed by atoms with E-state index in [2.05, 4.69) is 63.1 Å². The highest BCUT2D eigenvalue weighted by Gasteiger charge is 2.33. The summed E-state index contributed by atoms with van der Waals surface area (Å²) in [6, 6.07) is 15.1. The summed E-state index contributed by atoms with van der Waals surface area (Å²) in [5.74, 6) is 0.186. The third kappa shape index (κ3) is 5.18. The Hall–Kier alpha value is -4.43. The molecule has 1 aliphatic rings. The number of esters is 1. The van der Waals surface area contributed by atoms with Crippen LogP contribution in [0.1, 0.15) is 53.5 Å². The minimum absolute atomic E-state index is 0.207. The summed E-state index contributed by atoms with van der Waals surface area (Å²) in [6.07, 6.45) is 3.61. The summed E-state index contributed by atoms with van der Waals surface area (Å²) in [5, 5.41) is 0. The van der Waals surface area contributed by atoms with Crippen molar-refractivity contribution < 1.29 is 14.3 Å². The second kappa shape index (κ2) is 11.8. The van der Waals surface area contributed by atoms with Crippen LogP contribution < -0.4 is 19.6 Å². The number of hydrogen-bond acceptors (Lipinski definition) is 6. The first-order chi connectivity index (χ1) is 20.2. The summed E-state index contributed by atoms with van der Waals surface area (Å²) in [5.41, 5.74) is 8.06. The van der Waals surface area contributed by atoms with E-state index < -0.39 is 12.0 Å². The summed E-state index contributed by atoms with van der Waals surface area (Å²) < 4.78 is 15.5. The van der Waals surface area contributed by atoms with Gasteiger partial charge in [0.05, 0.1) is 34.1 Å². The van der Waals surface area contributed by atoms with Crippen molar-refractivity contribution in [3.8, 4) is 11.4 Å². The molecule has 1 aliphatic heterocycles. The highest BCUT2D eigenvalue weighted by molar-refractivity contribution is 7.07. The molecule has 0 bridgehead atoms. The predicted molar refractivity (Wildman–Crippen MR) is 167 cm³/mol. The van der Waals surface area contributed by atoms with Crippen molar-refractivity contribution in [1.82, 2.24) is 9.13 Å². The van der Waals surface area contributed by atoms with E-state index in [1.54, 1.807) is 24.5 Å². The van der Waals surface area contributed by atoms with Crippen LogP contribution in [-0.4, -0.2) is 28.3 Å². The molecule has 0 N–H and O–H groups in total. The van der Waals surface area contributed by atoms with Crippen molar-refractivity contribution in [2.45, 2.75) is 47.6 Å². The number of rotatable bonds is 8. The molecule has 216 valence electrons. The molecule has 2 aromatic heterocycles. The second-order valence-corrected chi connectivity index (χ2v) is 11.4. The molecular formula is C34H35N3O4S. The van der Waals surface area contributed by atoms with Crippen molar-refractivity contribution in [3.05, 3.63) is 126 Å². The van der Waals surface area contributed by atoms with Gasteiger partial charge in [-0.1, -0.05) is 54.3 Å². The normalized spacial score (nSPS) is 14.9. The molecule has 0 radical (unpaired) electrons. The predicted octanol–water partition coefficient (Wildman–Crippen LogP) is 5.39. The highest BCUT2D eigenvalue weighted by atomic mass is 32.1. The van der Waals surface area contributed by atoms with Gasteiger partial charge in [-0.25, -0.2) is 9.79 Å². The molecule has 0 unspecified atom stereocenters. The maximum absolute atomic E-state index is 14.1. The Balaban J connectivity index is 1.67. The van der Waals surface area contributed by atoms with Crippen molar-refractivity contribution in [1.29, 1.82) is 0 Å². The van der Waals surface area contributed by atoms with Crippen LogP contribution in [0.3, 0.4) is 0 Å². The van der Waals surface area contributed by atoms with Crippen LogP contribution in [0.15, 0.2) is 82.2 Å². The molecule has 2 aromatic carbocycles. The van der Waals surface area contributed by atoms with E-state index in [0.29, 0.717) is 33.0 Å². The number of nitrogens with zero attached hydrogens (tertiary/aromatic N) is 3. The number of carbonyl (C=O) groups is 1. The Kier molecular flexibility index (Phi) is 8.18. The van der Waals surface area contributed by atoms with Gasteiger partial charge in [0.25, 0.3) is 5.56 Å². The van der Waals surface area contributed by atoms with Crippen molar-refractivity contribution in [2.24, 2.45) is 4.99 Å². The fourth-order valence-corrected chi connectivity index (χ4v) is 6.62. The first-order valence-corrected chi connectivity index (χ1v) is 14.8. The quantitative estimate of drug-likeness (QED) is 0.207. The molecule has 3 heterocycles. The number of ether oxygens (including phenoxy) is 2. The van der Waals surface area contributed by atoms with Gasteiger partial charge in [-0.15, -0.1) is 0 Å². The summed E-state index contributed by atoms with van der Waals surface area (Å²) in [7, 11) is 0. The maximum atomic E-state index is 14.1. The first-order valence-electron chi connectivity index (χ1n) is 13.9. The average molecular weight is 582 g/mol. The molecule has 7 nitrogen and oxygen atoms in total. The SMILES string of the molecule is C=CCOc1ccc([C@@H]2C(C(=O)OCC)=C(C)N=c3s/c(=C\c4cc(C)n(-c5c(C)cccc5C)c4C)c(=O)n32)cc1. The van der Waals surface area contributed by atoms with E-state index in [1.807, 2.05) is 30.3 Å². The third-order valence-corrected chi connectivity index (χ3v) is 8.48. The monoisotopic (exact) mass is 581 g/mol. The number of allylic oxidation sites excluding steroid dienone is 1. The largest absolute Gasteiger partial charge is 0.490 e. The number of fused-ring (bicyclic) bond motifs is 1. The number of thiazole rings is 1. The van der Waals surface area contributed by atoms with E-state index in [1.165, 1.54) is 22.5 Å². The summed E-state index contributed by atoms with van der Waals surface area (Å²) in [6.45, 7) is 16.2. The Morgan fingerprint density at radius 2 is 1.76 bits per heavy atom. The first kappa shape index (κ1) is 29.1. The van der Waals surface area contributed by atoms with Gasteiger partial charge in [-0.3, -0.25) is 9.36 Å². The lowest BCUT2D eigenvalue weighted by Crippen LogP contribution is -2.39. The van der Waals surface area contributed by atoms with Crippen LogP contribution in [0.25, 0.3) is 11.8 Å². The Morgan fingerprint density at radius 3 is 2.40 bits per heavy atom. The van der Waals surface area contributed by atoms with Crippen LogP contribution >= 0.6 is 11.3 Å². The number of benzene rings is 2. The molecule has 5 rings (SSSR count). The van der Waals surface area contributed by atoms with Crippen molar-refractivity contribution in [3.63, 3.8) is 0 Å². The fourth-order valence-electron chi connectivity index (χ4n) is 5.59. The van der Waals surface area contributed by atoms with E-state index in [0.717, 1.165) is 28.2 Å². The minimum Gasteiger partial charge on any atom is -0.490 e. The molecule has 0 amide bonds. The van der Waals surface area contributed by atoms with Crippen LogP contribution in [-0.2, 0) is 9.53 Å². The lowest BCUT2D eigenvalue weighted by atomic mass is 9.96. The van der Waals surface area contributed by atoms with E-state index in [4.69, 9.17) is 14.5 Å². The Bertz CT molecular complexity index is 1880. The van der Waals surface area contributed by atoms with Crippen molar-refractivity contribution >= 4 is 23.4 Å². The van der Waals surface area contributed by atoms with Gasteiger partial charge < -0.3 is 14.0 Å². The standard InChI is InChI=1S/C34H35N3O4S/c1-8-17-41-27-15-13-25(14-16-27)31-29(33(39)40-9-2)23(6)35-34-37(31)32(38)28(42-34)19-26-18-22(5)36(24(26)7)30-20(3)11-10-12-21(30)4/h8,10-16,18-19,31H,1,9,17H2,2-7H3/b28-19-/t31-/m1/s1. The maximum Gasteiger partial charge on any atom is 0.338 e. The number of aromatic nitrogens is 2. The van der Waals surface area contributed by atoms with E-state index >= 15 is 0 Å². The number of hydrogen-bond donors (Lipinski definition) is 0. The van der Waals surface area contributed by atoms with Gasteiger partial charge in [0, 0.05) is 11.4 Å². The smallest absolute Gasteiger partial charge is 0.338 e. The molecule has 0 fully saturated rings. The average Bonchev–Trinajstić information content (AvgIpc) is 3.41. The zero-order valence-electron chi connectivity index (χ0n) is 24.9.